The first-order valence-corrected chi connectivity index (χ1v) is 7.02. The lowest BCUT2D eigenvalue weighted by Crippen LogP contribution is -2.23. The second kappa shape index (κ2) is 4.96. The van der Waals surface area contributed by atoms with Crippen molar-refractivity contribution in [2.45, 2.75) is 25.7 Å². The summed E-state index contributed by atoms with van der Waals surface area (Å²) in [6.45, 7) is 1.56. The van der Waals surface area contributed by atoms with E-state index in [4.69, 9.17) is 0 Å². The van der Waals surface area contributed by atoms with Crippen molar-refractivity contribution in [1.82, 2.24) is 5.32 Å². The number of rotatable bonds is 7. The molecule has 0 aromatic carbocycles. The topological polar surface area (TPSA) is 46.2 Å². The van der Waals surface area contributed by atoms with Gasteiger partial charge in [0.15, 0.2) is 0 Å². The molecule has 0 amide bonds. The average molecular weight is 205 g/mol. The molecule has 0 unspecified atom stereocenters. The van der Waals surface area contributed by atoms with Crippen molar-refractivity contribution >= 4 is 9.84 Å². The zero-order chi connectivity index (χ0) is 9.73. The summed E-state index contributed by atoms with van der Waals surface area (Å²) in [5.41, 5.74) is 0. The minimum absolute atomic E-state index is 0.260. The molecule has 78 valence electrons. The van der Waals surface area contributed by atoms with E-state index in [0.29, 0.717) is 6.54 Å². The molecular weight excluding hydrogens is 186 g/mol. The maximum Gasteiger partial charge on any atom is 0.148 e. The molecule has 0 radical (unpaired) electrons. The fraction of sp³-hybridized carbons (Fsp3) is 1.00. The van der Waals surface area contributed by atoms with Crippen LogP contribution < -0.4 is 5.32 Å². The molecule has 1 rings (SSSR count). The zero-order valence-corrected chi connectivity index (χ0v) is 9.07. The molecule has 0 heterocycles. The minimum atomic E-state index is -2.78. The number of hydrogen-bond donors (Lipinski definition) is 1. The first-order valence-electron chi connectivity index (χ1n) is 4.96. The average Bonchev–Trinajstić information content (AvgIpc) is 2.77. The Hall–Kier alpha value is -0.0900. The lowest BCUT2D eigenvalue weighted by Gasteiger charge is -2.02. The third-order valence-electron chi connectivity index (χ3n) is 2.31. The summed E-state index contributed by atoms with van der Waals surface area (Å²) >= 11 is 0. The summed E-state index contributed by atoms with van der Waals surface area (Å²) in [5.74, 6) is 1.24. The van der Waals surface area contributed by atoms with Crippen LogP contribution in [0.2, 0.25) is 0 Å². The predicted molar refractivity (Wildman–Crippen MR) is 54.5 cm³/mol. The molecule has 0 aromatic heterocycles. The van der Waals surface area contributed by atoms with Crippen LogP contribution in [0.5, 0.6) is 0 Å². The Labute approximate surface area is 80.8 Å². The summed E-state index contributed by atoms with van der Waals surface area (Å²) < 4.78 is 21.5. The highest BCUT2D eigenvalue weighted by Crippen LogP contribution is 2.33. The molecule has 0 atom stereocenters. The summed E-state index contributed by atoms with van der Waals surface area (Å²) in [4.78, 5) is 0. The van der Waals surface area contributed by atoms with Gasteiger partial charge in [-0.15, -0.1) is 0 Å². The molecule has 1 aliphatic rings. The molecule has 1 aliphatic carbocycles. The normalized spacial score (nSPS) is 17.6. The second-order valence-corrected chi connectivity index (χ2v) is 6.23. The summed E-state index contributed by atoms with van der Waals surface area (Å²) in [5, 5.41) is 3.15. The number of hydrogen-bond acceptors (Lipinski definition) is 3. The van der Waals surface area contributed by atoms with Crippen molar-refractivity contribution < 1.29 is 8.42 Å². The predicted octanol–water partition coefficient (Wildman–Crippen LogP) is 0.811. The van der Waals surface area contributed by atoms with Gasteiger partial charge in [0.1, 0.15) is 9.84 Å². The lowest BCUT2D eigenvalue weighted by atomic mass is 10.2. The molecule has 1 N–H and O–H groups in total. The van der Waals surface area contributed by atoms with Crippen LogP contribution >= 0.6 is 0 Å². The van der Waals surface area contributed by atoms with Gasteiger partial charge >= 0.3 is 0 Å². The van der Waals surface area contributed by atoms with Crippen LogP contribution in [0.25, 0.3) is 0 Å². The van der Waals surface area contributed by atoms with Gasteiger partial charge in [0.05, 0.1) is 5.75 Å². The van der Waals surface area contributed by atoms with Crippen LogP contribution in [0.4, 0.5) is 0 Å². The van der Waals surface area contributed by atoms with Crippen molar-refractivity contribution in [3.63, 3.8) is 0 Å². The third-order valence-corrected chi connectivity index (χ3v) is 3.26. The van der Waals surface area contributed by atoms with E-state index >= 15 is 0 Å². The van der Waals surface area contributed by atoms with Gasteiger partial charge < -0.3 is 5.32 Å². The number of nitrogens with one attached hydrogen (secondary N) is 1. The van der Waals surface area contributed by atoms with E-state index in [9.17, 15) is 8.42 Å². The molecule has 1 fully saturated rings. The Kier molecular flexibility index (Phi) is 4.19. The Morgan fingerprint density at radius 2 is 2.00 bits per heavy atom. The molecule has 0 aliphatic heterocycles. The molecule has 0 spiro atoms. The molecule has 13 heavy (non-hydrogen) atoms. The fourth-order valence-corrected chi connectivity index (χ4v) is 1.82. The largest absolute Gasteiger partial charge is 0.316 e. The SMILES string of the molecule is CS(=O)(=O)CCNCCCC1CC1. The standard InChI is InChI=1S/C9H19NO2S/c1-13(11,12)8-7-10-6-2-3-9-4-5-9/h9-10H,2-8H2,1H3. The Morgan fingerprint density at radius 3 is 2.54 bits per heavy atom. The van der Waals surface area contributed by atoms with Crippen molar-refractivity contribution in [2.75, 3.05) is 25.1 Å². The molecule has 0 saturated heterocycles. The van der Waals surface area contributed by atoms with E-state index < -0.39 is 9.84 Å². The van der Waals surface area contributed by atoms with Gasteiger partial charge in [0.25, 0.3) is 0 Å². The molecule has 0 aromatic rings. The van der Waals surface area contributed by atoms with Crippen LogP contribution in [0.15, 0.2) is 0 Å². The first-order chi connectivity index (χ1) is 6.08. The van der Waals surface area contributed by atoms with E-state index in [-0.39, 0.29) is 5.75 Å². The molecular formula is C9H19NO2S. The van der Waals surface area contributed by atoms with Crippen molar-refractivity contribution in [2.24, 2.45) is 5.92 Å². The highest BCUT2D eigenvalue weighted by molar-refractivity contribution is 7.90. The molecule has 3 nitrogen and oxygen atoms in total. The van der Waals surface area contributed by atoms with Crippen LogP contribution in [0, 0.1) is 5.92 Å². The van der Waals surface area contributed by atoms with Gasteiger partial charge in [-0.2, -0.15) is 0 Å². The maximum absolute atomic E-state index is 10.7. The fourth-order valence-electron chi connectivity index (χ4n) is 1.30. The van der Waals surface area contributed by atoms with Gasteiger partial charge in [-0.25, -0.2) is 8.42 Å². The van der Waals surface area contributed by atoms with Crippen molar-refractivity contribution in [1.29, 1.82) is 0 Å². The van der Waals surface area contributed by atoms with Crippen LogP contribution in [0.1, 0.15) is 25.7 Å². The van der Waals surface area contributed by atoms with Crippen molar-refractivity contribution in [3.05, 3.63) is 0 Å². The summed E-state index contributed by atoms with van der Waals surface area (Å²) in [7, 11) is -2.78. The highest BCUT2D eigenvalue weighted by Gasteiger charge is 2.19. The van der Waals surface area contributed by atoms with E-state index in [1.54, 1.807) is 0 Å². The molecule has 0 bridgehead atoms. The Balaban J connectivity index is 1.83. The van der Waals surface area contributed by atoms with E-state index in [1.807, 2.05) is 0 Å². The van der Waals surface area contributed by atoms with Gasteiger partial charge in [-0.1, -0.05) is 12.8 Å². The van der Waals surface area contributed by atoms with Crippen molar-refractivity contribution in [3.8, 4) is 0 Å². The van der Waals surface area contributed by atoms with Gasteiger partial charge in [-0.05, 0) is 25.3 Å². The summed E-state index contributed by atoms with van der Waals surface area (Å²) in [6.07, 6.45) is 6.59. The quantitative estimate of drug-likeness (QED) is 0.626. The van der Waals surface area contributed by atoms with Crippen LogP contribution in [-0.2, 0) is 9.84 Å². The molecule has 4 heteroatoms. The van der Waals surface area contributed by atoms with Crippen LogP contribution in [0.3, 0.4) is 0 Å². The van der Waals surface area contributed by atoms with Gasteiger partial charge in [0, 0.05) is 12.8 Å². The van der Waals surface area contributed by atoms with Gasteiger partial charge in [0.2, 0.25) is 0 Å². The van der Waals surface area contributed by atoms with E-state index in [1.165, 1.54) is 31.9 Å². The zero-order valence-electron chi connectivity index (χ0n) is 8.25. The smallest absolute Gasteiger partial charge is 0.148 e. The van der Waals surface area contributed by atoms with Crippen LogP contribution in [-0.4, -0.2) is 33.5 Å². The Bertz CT molecular complexity index is 232. The van der Waals surface area contributed by atoms with E-state index in [2.05, 4.69) is 5.32 Å². The van der Waals surface area contributed by atoms with E-state index in [0.717, 1.165) is 12.5 Å². The number of sulfone groups is 1. The Morgan fingerprint density at radius 1 is 1.31 bits per heavy atom. The minimum Gasteiger partial charge on any atom is -0.316 e. The lowest BCUT2D eigenvalue weighted by molar-refractivity contribution is 0.585. The maximum atomic E-state index is 10.7. The third kappa shape index (κ3) is 7.02. The summed E-state index contributed by atoms with van der Waals surface area (Å²) in [6, 6.07) is 0. The monoisotopic (exact) mass is 205 g/mol. The second-order valence-electron chi connectivity index (χ2n) is 3.97. The first kappa shape index (κ1) is 11.0. The van der Waals surface area contributed by atoms with Gasteiger partial charge in [-0.3, -0.25) is 0 Å². The highest BCUT2D eigenvalue weighted by atomic mass is 32.2. The molecule has 1 saturated carbocycles.